The van der Waals surface area contributed by atoms with Crippen molar-refractivity contribution in [2.24, 2.45) is 11.8 Å². The zero-order valence-electron chi connectivity index (χ0n) is 18.1. The fourth-order valence-electron chi connectivity index (χ4n) is 5.63. The van der Waals surface area contributed by atoms with Gasteiger partial charge in [0, 0.05) is 29.5 Å². The predicted octanol–water partition coefficient (Wildman–Crippen LogP) is 4.80. The van der Waals surface area contributed by atoms with Gasteiger partial charge in [-0.15, -0.1) is 11.3 Å². The normalized spacial score (nSPS) is 26.1. The molecule has 0 radical (unpaired) electrons. The van der Waals surface area contributed by atoms with Crippen molar-refractivity contribution in [3.63, 3.8) is 0 Å². The molecule has 4 rings (SSSR count). The molecule has 1 aromatic heterocycles. The molecule has 5 atom stereocenters. The number of nitrogens with one attached hydrogen (secondary N) is 2. The number of fused-ring (bicyclic) bond motifs is 1. The van der Waals surface area contributed by atoms with Crippen LogP contribution in [0.15, 0.2) is 47.8 Å². The molecule has 1 aromatic carbocycles. The van der Waals surface area contributed by atoms with E-state index in [-0.39, 0.29) is 12.6 Å². The van der Waals surface area contributed by atoms with E-state index in [9.17, 15) is 5.11 Å². The van der Waals surface area contributed by atoms with Crippen LogP contribution in [0, 0.1) is 11.8 Å². The molecule has 2 saturated carbocycles. The van der Waals surface area contributed by atoms with Crippen molar-refractivity contribution in [3.05, 3.63) is 58.3 Å². The molecule has 0 saturated heterocycles. The lowest BCUT2D eigenvalue weighted by molar-refractivity contribution is 0.137. The zero-order chi connectivity index (χ0) is 20.6. The topological polar surface area (TPSA) is 44.3 Å². The van der Waals surface area contributed by atoms with Gasteiger partial charge in [-0.1, -0.05) is 62.1 Å². The first-order valence-electron chi connectivity index (χ1n) is 12.0. The van der Waals surface area contributed by atoms with Crippen LogP contribution in [0.5, 0.6) is 0 Å². The van der Waals surface area contributed by atoms with Gasteiger partial charge < -0.3 is 15.7 Å². The monoisotopic (exact) mass is 426 g/mol. The van der Waals surface area contributed by atoms with Crippen molar-refractivity contribution in [1.82, 2.24) is 10.6 Å². The quantitative estimate of drug-likeness (QED) is 0.511. The van der Waals surface area contributed by atoms with Crippen molar-refractivity contribution >= 4 is 11.3 Å². The Bertz CT molecular complexity index is 720. The average molecular weight is 427 g/mol. The molecule has 2 aliphatic rings. The molecule has 2 aromatic rings. The summed E-state index contributed by atoms with van der Waals surface area (Å²) in [5.41, 5.74) is 1.28. The van der Waals surface area contributed by atoms with Crippen molar-refractivity contribution in [2.45, 2.75) is 75.9 Å². The van der Waals surface area contributed by atoms with Crippen molar-refractivity contribution < 1.29 is 5.11 Å². The summed E-state index contributed by atoms with van der Waals surface area (Å²) in [6.07, 6.45) is 11.8. The standard InChI is InChI=1S/C26H38N2OS/c29-19-25(15-20-7-2-1-3-8-20)27-18-24(17-26-11-6-14-30-26)28-23-13-12-21-9-4-5-10-22(21)16-23/h1-3,6-8,11,14,21-25,27-29H,4-5,9-10,12-13,15-19H2. The third-order valence-corrected chi connectivity index (χ3v) is 8.14. The van der Waals surface area contributed by atoms with Crippen molar-refractivity contribution in [2.75, 3.05) is 13.2 Å². The molecular weight excluding hydrogens is 388 g/mol. The molecule has 0 bridgehead atoms. The molecule has 2 aliphatic carbocycles. The van der Waals surface area contributed by atoms with Crippen LogP contribution >= 0.6 is 11.3 Å². The van der Waals surface area contributed by atoms with Crippen LogP contribution in [0.1, 0.15) is 55.4 Å². The Balaban J connectivity index is 1.33. The van der Waals surface area contributed by atoms with E-state index in [2.05, 4.69) is 52.4 Å². The first kappa shape index (κ1) is 22.0. The number of aliphatic hydroxyl groups excluding tert-OH is 1. The van der Waals surface area contributed by atoms with Gasteiger partial charge in [0.25, 0.3) is 0 Å². The molecule has 2 fully saturated rings. The van der Waals surface area contributed by atoms with Crippen molar-refractivity contribution in [3.8, 4) is 0 Å². The highest BCUT2D eigenvalue weighted by Crippen LogP contribution is 2.40. The number of thiophene rings is 1. The average Bonchev–Trinajstić information content (AvgIpc) is 3.30. The number of hydrogen-bond acceptors (Lipinski definition) is 4. The minimum absolute atomic E-state index is 0.106. The predicted molar refractivity (Wildman–Crippen MR) is 127 cm³/mol. The summed E-state index contributed by atoms with van der Waals surface area (Å²) in [4.78, 5) is 1.45. The molecule has 3 nitrogen and oxygen atoms in total. The van der Waals surface area contributed by atoms with Crippen LogP contribution in [0.3, 0.4) is 0 Å². The van der Waals surface area contributed by atoms with Gasteiger partial charge in [0.05, 0.1) is 6.61 Å². The van der Waals surface area contributed by atoms with E-state index in [1.807, 2.05) is 17.4 Å². The lowest BCUT2D eigenvalue weighted by Crippen LogP contribution is -2.50. The van der Waals surface area contributed by atoms with E-state index < -0.39 is 0 Å². The van der Waals surface area contributed by atoms with Gasteiger partial charge in [0.15, 0.2) is 0 Å². The maximum absolute atomic E-state index is 9.93. The second-order valence-corrected chi connectivity index (χ2v) is 10.5. The summed E-state index contributed by atoms with van der Waals surface area (Å²) >= 11 is 1.86. The number of hydrogen-bond donors (Lipinski definition) is 3. The maximum Gasteiger partial charge on any atom is 0.0587 e. The largest absolute Gasteiger partial charge is 0.395 e. The third kappa shape index (κ3) is 6.40. The fourth-order valence-corrected chi connectivity index (χ4v) is 6.41. The summed E-state index contributed by atoms with van der Waals surface area (Å²) in [7, 11) is 0. The molecule has 1 heterocycles. The number of rotatable bonds is 10. The highest BCUT2D eigenvalue weighted by molar-refractivity contribution is 7.09. The highest BCUT2D eigenvalue weighted by atomic mass is 32.1. The molecule has 30 heavy (non-hydrogen) atoms. The van der Waals surface area contributed by atoms with Gasteiger partial charge in [-0.25, -0.2) is 0 Å². The zero-order valence-corrected chi connectivity index (χ0v) is 19.0. The van der Waals surface area contributed by atoms with Crippen LogP contribution in [0.4, 0.5) is 0 Å². The van der Waals surface area contributed by atoms with Gasteiger partial charge in [0.1, 0.15) is 0 Å². The summed E-state index contributed by atoms with van der Waals surface area (Å²) < 4.78 is 0. The third-order valence-electron chi connectivity index (χ3n) is 7.24. The smallest absolute Gasteiger partial charge is 0.0587 e. The van der Waals surface area contributed by atoms with Crippen LogP contribution < -0.4 is 10.6 Å². The summed E-state index contributed by atoms with van der Waals surface area (Å²) in [5.74, 6) is 1.94. The van der Waals surface area contributed by atoms with E-state index in [0.29, 0.717) is 12.1 Å². The SMILES string of the molecule is OCC(Cc1ccccc1)NCC(Cc1cccs1)NC1CCC2CCCCC2C1. The Morgan fingerprint density at radius 1 is 0.900 bits per heavy atom. The van der Waals surface area contributed by atoms with E-state index >= 15 is 0 Å². The lowest BCUT2D eigenvalue weighted by atomic mass is 9.69. The van der Waals surface area contributed by atoms with Crippen LogP contribution in [0.25, 0.3) is 0 Å². The Morgan fingerprint density at radius 2 is 1.73 bits per heavy atom. The highest BCUT2D eigenvalue weighted by Gasteiger charge is 2.32. The summed E-state index contributed by atoms with van der Waals surface area (Å²) in [6.45, 7) is 1.08. The van der Waals surface area contributed by atoms with Crippen LogP contribution in [-0.2, 0) is 12.8 Å². The van der Waals surface area contributed by atoms with E-state index in [4.69, 9.17) is 0 Å². The molecule has 0 aliphatic heterocycles. The Kier molecular flexibility index (Phi) is 8.38. The molecule has 0 amide bonds. The van der Waals surface area contributed by atoms with Gasteiger partial charge in [-0.3, -0.25) is 0 Å². The van der Waals surface area contributed by atoms with Gasteiger partial charge in [-0.2, -0.15) is 0 Å². The van der Waals surface area contributed by atoms with Crippen LogP contribution in [-0.4, -0.2) is 36.4 Å². The Labute approximate surface area is 186 Å². The molecular formula is C26H38N2OS. The second-order valence-electron chi connectivity index (χ2n) is 9.44. The van der Waals surface area contributed by atoms with Gasteiger partial charge in [0.2, 0.25) is 0 Å². The first-order chi connectivity index (χ1) is 14.8. The van der Waals surface area contributed by atoms with Gasteiger partial charge >= 0.3 is 0 Å². The molecule has 5 unspecified atom stereocenters. The Hall–Kier alpha value is -1.20. The lowest BCUT2D eigenvalue weighted by Gasteiger charge is -2.41. The minimum Gasteiger partial charge on any atom is -0.395 e. The van der Waals surface area contributed by atoms with Crippen LogP contribution in [0.2, 0.25) is 0 Å². The molecule has 4 heteroatoms. The molecule has 164 valence electrons. The molecule has 0 spiro atoms. The maximum atomic E-state index is 9.93. The Morgan fingerprint density at radius 3 is 2.50 bits per heavy atom. The van der Waals surface area contributed by atoms with Gasteiger partial charge in [-0.05, 0) is 60.9 Å². The van der Waals surface area contributed by atoms with E-state index in [1.54, 1.807) is 0 Å². The van der Waals surface area contributed by atoms with E-state index in [1.165, 1.54) is 55.4 Å². The minimum atomic E-state index is 0.106. The van der Waals surface area contributed by atoms with Crippen molar-refractivity contribution in [1.29, 1.82) is 0 Å². The summed E-state index contributed by atoms with van der Waals surface area (Å²) in [5, 5.41) is 19.8. The van der Waals surface area contributed by atoms with E-state index in [0.717, 1.165) is 31.2 Å². The fraction of sp³-hybridized carbons (Fsp3) is 0.615. The number of aliphatic hydroxyl groups is 1. The molecule has 3 N–H and O–H groups in total. The number of benzene rings is 1. The summed E-state index contributed by atoms with van der Waals surface area (Å²) in [6, 6.07) is 16.1. The first-order valence-corrected chi connectivity index (χ1v) is 12.8. The second kappa shape index (κ2) is 11.4.